The first-order valence-corrected chi connectivity index (χ1v) is 7.70. The molecule has 1 aliphatic heterocycles. The predicted molar refractivity (Wildman–Crippen MR) is 90.8 cm³/mol. The predicted octanol–water partition coefficient (Wildman–Crippen LogP) is 2.24. The second-order valence-electron chi connectivity index (χ2n) is 5.51. The maximum Gasteiger partial charge on any atom is 0.336 e. The average molecular weight is 330 g/mol. The summed E-state index contributed by atoms with van der Waals surface area (Å²) >= 11 is 0. The van der Waals surface area contributed by atoms with Gasteiger partial charge in [-0.15, -0.1) is 0 Å². The number of nitrogen functional groups attached to an aromatic ring is 1. The van der Waals surface area contributed by atoms with E-state index in [0.717, 1.165) is 5.56 Å². The molecule has 0 aromatic heterocycles. The van der Waals surface area contributed by atoms with E-state index in [0.29, 0.717) is 28.2 Å². The molecule has 1 aromatic carbocycles. The van der Waals surface area contributed by atoms with E-state index in [2.05, 4.69) is 5.32 Å². The Bertz CT molecular complexity index is 717. The number of methoxy groups -OCH3 is 1. The number of allylic oxidation sites excluding steroid dienone is 2. The standard InChI is InChI=1S/C18H22N2O4/c1-5-24-18(22)15-11(3)20-10(2)14(17(21)23-4)16(15)12-6-8-13(19)9-7-12/h6-9,16,20H,5,19H2,1-4H3. The summed E-state index contributed by atoms with van der Waals surface area (Å²) < 4.78 is 10.1. The lowest BCUT2D eigenvalue weighted by Crippen LogP contribution is -2.32. The SMILES string of the molecule is CCOC(=O)C1=C(C)NC(C)=C(C(=O)OC)C1c1ccc(N)cc1. The number of carbonyl (C=O) groups excluding carboxylic acids is 2. The van der Waals surface area contributed by atoms with Gasteiger partial charge in [0.15, 0.2) is 0 Å². The lowest BCUT2D eigenvalue weighted by Gasteiger charge is -2.30. The number of benzene rings is 1. The van der Waals surface area contributed by atoms with Crippen molar-refractivity contribution in [3.05, 3.63) is 52.4 Å². The molecule has 1 heterocycles. The minimum atomic E-state index is -0.571. The second kappa shape index (κ2) is 7.21. The van der Waals surface area contributed by atoms with Gasteiger partial charge in [-0.1, -0.05) is 12.1 Å². The van der Waals surface area contributed by atoms with Gasteiger partial charge in [0.1, 0.15) is 0 Å². The van der Waals surface area contributed by atoms with Crippen LogP contribution >= 0.6 is 0 Å². The van der Waals surface area contributed by atoms with Gasteiger partial charge in [-0.25, -0.2) is 9.59 Å². The fourth-order valence-electron chi connectivity index (χ4n) is 2.88. The molecule has 0 fully saturated rings. The third-order valence-corrected chi connectivity index (χ3v) is 3.93. The molecule has 0 saturated carbocycles. The molecule has 0 radical (unpaired) electrons. The molecule has 0 amide bonds. The van der Waals surface area contributed by atoms with Crippen LogP contribution in [0.25, 0.3) is 0 Å². The van der Waals surface area contributed by atoms with Crippen molar-refractivity contribution in [2.24, 2.45) is 0 Å². The summed E-state index contributed by atoms with van der Waals surface area (Å²) in [6, 6.07) is 7.07. The minimum absolute atomic E-state index is 0.250. The first-order valence-electron chi connectivity index (χ1n) is 7.70. The number of hydrogen-bond donors (Lipinski definition) is 2. The smallest absolute Gasteiger partial charge is 0.336 e. The number of ether oxygens (including phenoxy) is 2. The van der Waals surface area contributed by atoms with Crippen LogP contribution in [-0.2, 0) is 19.1 Å². The van der Waals surface area contributed by atoms with Gasteiger partial charge < -0.3 is 20.5 Å². The van der Waals surface area contributed by atoms with Gasteiger partial charge >= 0.3 is 11.9 Å². The molecule has 0 saturated heterocycles. The third-order valence-electron chi connectivity index (χ3n) is 3.93. The molecular weight excluding hydrogens is 308 g/mol. The Morgan fingerprint density at radius 2 is 1.62 bits per heavy atom. The van der Waals surface area contributed by atoms with Crippen molar-refractivity contribution in [1.29, 1.82) is 0 Å². The normalized spacial score (nSPS) is 17.4. The van der Waals surface area contributed by atoms with Crippen LogP contribution in [0.15, 0.2) is 46.8 Å². The van der Waals surface area contributed by atoms with Gasteiger partial charge in [0.2, 0.25) is 0 Å². The fourth-order valence-corrected chi connectivity index (χ4v) is 2.88. The van der Waals surface area contributed by atoms with E-state index < -0.39 is 17.9 Å². The summed E-state index contributed by atoms with van der Waals surface area (Å²) in [6.45, 7) is 5.56. The number of hydrogen-bond acceptors (Lipinski definition) is 6. The molecule has 128 valence electrons. The summed E-state index contributed by atoms with van der Waals surface area (Å²) in [4.78, 5) is 24.8. The molecule has 1 unspecified atom stereocenters. The zero-order chi connectivity index (χ0) is 17.9. The van der Waals surface area contributed by atoms with E-state index in [-0.39, 0.29) is 6.61 Å². The first-order chi connectivity index (χ1) is 11.4. The molecule has 0 bridgehead atoms. The van der Waals surface area contributed by atoms with Crippen molar-refractivity contribution in [3.63, 3.8) is 0 Å². The number of rotatable bonds is 4. The summed E-state index contributed by atoms with van der Waals surface area (Å²) in [5.74, 6) is -1.52. The molecule has 24 heavy (non-hydrogen) atoms. The molecule has 6 heteroatoms. The number of anilines is 1. The molecule has 1 aliphatic rings. The highest BCUT2D eigenvalue weighted by Gasteiger charge is 2.37. The first kappa shape index (κ1) is 17.6. The van der Waals surface area contributed by atoms with E-state index in [9.17, 15) is 9.59 Å². The Morgan fingerprint density at radius 1 is 1.08 bits per heavy atom. The lowest BCUT2D eigenvalue weighted by molar-refractivity contribution is -0.139. The van der Waals surface area contributed by atoms with Crippen LogP contribution in [0.5, 0.6) is 0 Å². The second-order valence-corrected chi connectivity index (χ2v) is 5.51. The fraction of sp³-hybridized carbons (Fsp3) is 0.333. The Balaban J connectivity index is 2.63. The van der Waals surface area contributed by atoms with Crippen LogP contribution < -0.4 is 11.1 Å². The molecule has 1 aromatic rings. The van der Waals surface area contributed by atoms with Gasteiger partial charge in [-0.3, -0.25) is 0 Å². The lowest BCUT2D eigenvalue weighted by atomic mass is 9.80. The van der Waals surface area contributed by atoms with Crippen molar-refractivity contribution >= 4 is 17.6 Å². The van der Waals surface area contributed by atoms with Crippen molar-refractivity contribution in [1.82, 2.24) is 5.32 Å². The topological polar surface area (TPSA) is 90.6 Å². The largest absolute Gasteiger partial charge is 0.466 e. The number of dihydropyridines is 1. The van der Waals surface area contributed by atoms with Gasteiger partial charge in [0, 0.05) is 17.1 Å². The summed E-state index contributed by atoms with van der Waals surface area (Å²) in [6.07, 6.45) is 0. The third kappa shape index (κ3) is 3.27. The Hall–Kier alpha value is -2.76. The molecule has 0 aliphatic carbocycles. The number of esters is 2. The summed E-state index contributed by atoms with van der Waals surface area (Å²) in [5, 5.41) is 3.08. The Labute approximate surface area is 141 Å². The molecule has 3 N–H and O–H groups in total. The highest BCUT2D eigenvalue weighted by atomic mass is 16.5. The van der Waals surface area contributed by atoms with Crippen LogP contribution in [0.4, 0.5) is 5.69 Å². The van der Waals surface area contributed by atoms with Crippen molar-refractivity contribution in [2.45, 2.75) is 26.7 Å². The van der Waals surface area contributed by atoms with E-state index in [1.165, 1.54) is 7.11 Å². The highest BCUT2D eigenvalue weighted by molar-refractivity contribution is 5.99. The van der Waals surface area contributed by atoms with Crippen LogP contribution in [0.2, 0.25) is 0 Å². The van der Waals surface area contributed by atoms with Crippen molar-refractivity contribution in [2.75, 3.05) is 19.5 Å². The van der Waals surface area contributed by atoms with Gasteiger partial charge in [0.05, 0.1) is 30.8 Å². The monoisotopic (exact) mass is 330 g/mol. The van der Waals surface area contributed by atoms with Crippen LogP contribution in [-0.4, -0.2) is 25.7 Å². The van der Waals surface area contributed by atoms with E-state index in [1.807, 2.05) is 0 Å². The van der Waals surface area contributed by atoms with E-state index >= 15 is 0 Å². The van der Waals surface area contributed by atoms with Gasteiger partial charge in [-0.2, -0.15) is 0 Å². The zero-order valence-electron chi connectivity index (χ0n) is 14.3. The molecule has 6 nitrogen and oxygen atoms in total. The van der Waals surface area contributed by atoms with Crippen molar-refractivity contribution in [3.8, 4) is 0 Å². The minimum Gasteiger partial charge on any atom is -0.466 e. The van der Waals surface area contributed by atoms with Gasteiger partial charge in [0.25, 0.3) is 0 Å². The van der Waals surface area contributed by atoms with Crippen molar-refractivity contribution < 1.29 is 19.1 Å². The van der Waals surface area contributed by atoms with E-state index in [4.69, 9.17) is 15.2 Å². The Morgan fingerprint density at radius 3 is 2.12 bits per heavy atom. The quantitative estimate of drug-likeness (QED) is 0.650. The highest BCUT2D eigenvalue weighted by Crippen LogP contribution is 2.39. The van der Waals surface area contributed by atoms with Crippen LogP contribution in [0.1, 0.15) is 32.3 Å². The number of nitrogens with two attached hydrogens (primary N) is 1. The number of nitrogens with one attached hydrogen (secondary N) is 1. The average Bonchev–Trinajstić information content (AvgIpc) is 2.54. The molecule has 0 spiro atoms. The maximum atomic E-state index is 12.5. The van der Waals surface area contributed by atoms with Crippen LogP contribution in [0.3, 0.4) is 0 Å². The molecule has 1 atom stereocenters. The molecule has 2 rings (SSSR count). The summed E-state index contributed by atoms with van der Waals surface area (Å²) in [7, 11) is 1.32. The number of carbonyl (C=O) groups is 2. The maximum absolute atomic E-state index is 12.5. The van der Waals surface area contributed by atoms with Crippen LogP contribution in [0, 0.1) is 0 Å². The van der Waals surface area contributed by atoms with Gasteiger partial charge in [-0.05, 0) is 38.5 Å². The van der Waals surface area contributed by atoms with E-state index in [1.54, 1.807) is 45.0 Å². The zero-order valence-corrected chi connectivity index (χ0v) is 14.3. The Kier molecular flexibility index (Phi) is 5.28. The summed E-state index contributed by atoms with van der Waals surface area (Å²) in [5.41, 5.74) is 9.21. The molecular formula is C18H22N2O4.